The Bertz CT molecular complexity index is 401. The second kappa shape index (κ2) is 7.19. The number of likely N-dealkylation sites (N-methyl/N-ethyl adjacent to an activating group) is 1. The molecule has 0 radical (unpaired) electrons. The summed E-state index contributed by atoms with van der Waals surface area (Å²) in [6.07, 6.45) is 2.43. The molecule has 1 aromatic carbocycles. The number of rotatable bonds is 8. The van der Waals surface area contributed by atoms with Gasteiger partial charge in [-0.1, -0.05) is 38.3 Å². The molecule has 0 unspecified atom stereocenters. The van der Waals surface area contributed by atoms with E-state index >= 15 is 0 Å². The maximum absolute atomic E-state index is 5.22. The Balaban J connectivity index is 2.41. The van der Waals surface area contributed by atoms with Crippen molar-refractivity contribution in [1.82, 2.24) is 4.90 Å². The highest BCUT2D eigenvalue weighted by molar-refractivity contribution is 7.74. The second-order valence-corrected chi connectivity index (χ2v) is 5.33. The summed E-state index contributed by atoms with van der Waals surface area (Å²) in [6, 6.07) is 2.00. The summed E-state index contributed by atoms with van der Waals surface area (Å²) >= 11 is 10.3. The molecule has 0 aliphatic rings. The number of hydrogen-bond donors (Lipinski definition) is 0. The lowest BCUT2D eigenvalue weighted by Crippen LogP contribution is -2.34. The van der Waals surface area contributed by atoms with Crippen LogP contribution in [-0.2, 0) is 0 Å². The number of anilines is 1. The van der Waals surface area contributed by atoms with Gasteiger partial charge in [-0.05, 0) is 32.0 Å². The molecule has 0 amide bonds. The van der Waals surface area contributed by atoms with Crippen molar-refractivity contribution in [3.05, 3.63) is 15.1 Å². The molecular weight excluding hydrogens is 248 g/mol. The van der Waals surface area contributed by atoms with Crippen molar-refractivity contribution in [3.63, 3.8) is 0 Å². The molecule has 0 aliphatic carbocycles. The fourth-order valence-corrected chi connectivity index (χ4v) is 2.46. The Labute approximate surface area is 115 Å². The van der Waals surface area contributed by atoms with Crippen molar-refractivity contribution >= 4 is 30.1 Å². The first-order valence-corrected chi connectivity index (χ1v) is 7.15. The van der Waals surface area contributed by atoms with Crippen LogP contribution in [0.15, 0.2) is 6.07 Å². The van der Waals surface area contributed by atoms with Crippen LogP contribution in [-0.4, -0.2) is 38.1 Å². The van der Waals surface area contributed by atoms with E-state index in [9.17, 15) is 0 Å². The summed E-state index contributed by atoms with van der Waals surface area (Å²) < 4.78 is 1.70. The van der Waals surface area contributed by atoms with Crippen LogP contribution in [0.1, 0.15) is 26.7 Å². The van der Waals surface area contributed by atoms with Crippen molar-refractivity contribution in [2.24, 2.45) is 0 Å². The highest BCUT2D eigenvalue weighted by Gasteiger charge is 2.10. The molecule has 0 atom stereocenters. The van der Waals surface area contributed by atoms with Crippen molar-refractivity contribution in [3.8, 4) is 0 Å². The summed E-state index contributed by atoms with van der Waals surface area (Å²) in [5, 5.41) is 0. The van der Waals surface area contributed by atoms with Crippen LogP contribution in [0, 0.1) is 9.02 Å². The van der Waals surface area contributed by atoms with Crippen LogP contribution < -0.4 is 4.90 Å². The Morgan fingerprint density at radius 2 is 1.59 bits per heavy atom. The molecule has 0 saturated heterocycles. The van der Waals surface area contributed by atoms with E-state index in [-0.39, 0.29) is 0 Å². The Morgan fingerprint density at radius 1 is 1.00 bits per heavy atom. The summed E-state index contributed by atoms with van der Waals surface area (Å²) in [5.41, 5.74) is 1.14. The van der Waals surface area contributed by atoms with Crippen molar-refractivity contribution in [2.45, 2.75) is 26.7 Å². The largest absolute Gasteiger partial charge is 0.372 e. The summed E-state index contributed by atoms with van der Waals surface area (Å²) in [5.74, 6) is 0. The van der Waals surface area contributed by atoms with Gasteiger partial charge < -0.3 is 9.80 Å². The molecule has 0 heterocycles. The minimum absolute atomic E-state index is 0.834. The van der Waals surface area contributed by atoms with Crippen LogP contribution in [0.25, 0.3) is 0 Å². The number of nitrogens with zero attached hydrogens (tertiary/aromatic N) is 2. The van der Waals surface area contributed by atoms with Crippen LogP contribution >= 0.6 is 24.4 Å². The first kappa shape index (κ1) is 14.7. The van der Waals surface area contributed by atoms with Gasteiger partial charge in [0.25, 0.3) is 0 Å². The fraction of sp³-hybridized carbons (Fsp3) is 0.692. The van der Waals surface area contributed by atoms with Crippen LogP contribution in [0.5, 0.6) is 0 Å². The van der Waals surface area contributed by atoms with Crippen molar-refractivity contribution in [1.29, 1.82) is 0 Å². The maximum Gasteiger partial charge on any atom is 0.0792 e. The Hall–Kier alpha value is -0.320. The molecule has 0 fully saturated rings. The van der Waals surface area contributed by atoms with Crippen molar-refractivity contribution < 1.29 is 0 Å². The first-order valence-electron chi connectivity index (χ1n) is 6.34. The van der Waals surface area contributed by atoms with Crippen LogP contribution in [0.2, 0.25) is 0 Å². The predicted molar refractivity (Wildman–Crippen MR) is 80.8 cm³/mol. The highest BCUT2D eigenvalue weighted by Crippen LogP contribution is 2.21. The Morgan fingerprint density at radius 3 is 2.00 bits per heavy atom. The van der Waals surface area contributed by atoms with Gasteiger partial charge in [0.15, 0.2) is 0 Å². The van der Waals surface area contributed by atoms with Gasteiger partial charge in [-0.15, -0.1) is 0 Å². The molecule has 1 rings (SSSR count). The third-order valence-electron chi connectivity index (χ3n) is 2.97. The van der Waals surface area contributed by atoms with E-state index < -0.39 is 0 Å². The molecule has 96 valence electrons. The minimum atomic E-state index is 0.834. The van der Waals surface area contributed by atoms with E-state index in [1.165, 1.54) is 25.9 Å². The van der Waals surface area contributed by atoms with E-state index in [1.54, 1.807) is 0 Å². The zero-order valence-electron chi connectivity index (χ0n) is 11.0. The summed E-state index contributed by atoms with van der Waals surface area (Å²) in [7, 11) is 2.09. The van der Waals surface area contributed by atoms with Gasteiger partial charge in [0.2, 0.25) is 0 Å². The van der Waals surface area contributed by atoms with E-state index in [2.05, 4.69) is 30.7 Å². The van der Waals surface area contributed by atoms with Gasteiger partial charge in [-0.25, -0.2) is 0 Å². The van der Waals surface area contributed by atoms with Gasteiger partial charge in [0.1, 0.15) is 0 Å². The molecule has 0 aliphatic heterocycles. The lowest BCUT2D eigenvalue weighted by atomic mass is 10.2. The van der Waals surface area contributed by atoms with E-state index in [0.717, 1.165) is 27.8 Å². The molecular formula is C13H22N2S2. The molecule has 0 aromatic heterocycles. The van der Waals surface area contributed by atoms with Gasteiger partial charge in [0, 0.05) is 20.1 Å². The van der Waals surface area contributed by atoms with Gasteiger partial charge in [0.05, 0.1) is 14.7 Å². The monoisotopic (exact) mass is 270 g/mol. The standard InChI is InChI=1S/C13H22N2S2/c1-4-6-15(7-5-2)9-8-14(3)11-10-12(16)13(11)17/h10H,4-9H2,1-3H3. The fourth-order valence-electron chi connectivity index (χ4n) is 1.97. The zero-order chi connectivity index (χ0) is 12.8. The Kier molecular flexibility index (Phi) is 6.23. The molecule has 2 nitrogen and oxygen atoms in total. The van der Waals surface area contributed by atoms with E-state index in [0.29, 0.717) is 0 Å². The lowest BCUT2D eigenvalue weighted by Gasteiger charge is -2.26. The predicted octanol–water partition coefficient (Wildman–Crippen LogP) is 3.58. The minimum Gasteiger partial charge on any atom is -0.372 e. The molecule has 0 N–H and O–H groups in total. The molecule has 1 aromatic rings. The first-order chi connectivity index (χ1) is 8.10. The zero-order valence-corrected chi connectivity index (χ0v) is 12.7. The quantitative estimate of drug-likeness (QED) is 0.666. The normalized spacial score (nSPS) is 11.3. The molecule has 4 heteroatoms. The van der Waals surface area contributed by atoms with Crippen LogP contribution in [0.3, 0.4) is 0 Å². The van der Waals surface area contributed by atoms with E-state index in [1.807, 2.05) is 6.07 Å². The molecule has 0 saturated carbocycles. The smallest absolute Gasteiger partial charge is 0.0792 e. The third kappa shape index (κ3) is 4.12. The average Bonchev–Trinajstić information content (AvgIpc) is 2.32. The second-order valence-electron chi connectivity index (χ2n) is 4.49. The van der Waals surface area contributed by atoms with Gasteiger partial charge >= 0.3 is 0 Å². The van der Waals surface area contributed by atoms with Crippen LogP contribution in [0.4, 0.5) is 5.69 Å². The summed E-state index contributed by atoms with van der Waals surface area (Å²) in [4.78, 5) is 4.73. The molecule has 17 heavy (non-hydrogen) atoms. The highest BCUT2D eigenvalue weighted by atomic mass is 32.1. The van der Waals surface area contributed by atoms with Crippen molar-refractivity contribution in [2.75, 3.05) is 38.1 Å². The third-order valence-corrected chi connectivity index (χ3v) is 3.85. The molecule has 0 bridgehead atoms. The molecule has 0 spiro atoms. The summed E-state index contributed by atoms with van der Waals surface area (Å²) in [6.45, 7) is 8.95. The SMILES string of the molecule is CCCN(CCC)CCN(C)c1cc(=S)c1=S. The lowest BCUT2D eigenvalue weighted by molar-refractivity contribution is 0.281. The average molecular weight is 270 g/mol. The topological polar surface area (TPSA) is 6.48 Å². The maximum atomic E-state index is 5.22. The van der Waals surface area contributed by atoms with Gasteiger partial charge in [-0.2, -0.15) is 0 Å². The van der Waals surface area contributed by atoms with E-state index in [4.69, 9.17) is 24.4 Å². The number of hydrogen-bond acceptors (Lipinski definition) is 4. The van der Waals surface area contributed by atoms with Gasteiger partial charge in [-0.3, -0.25) is 0 Å².